The van der Waals surface area contributed by atoms with E-state index in [0.717, 1.165) is 44.2 Å². The molecule has 0 bridgehead atoms. The Bertz CT molecular complexity index is 1170. The van der Waals surface area contributed by atoms with Gasteiger partial charge in [0, 0.05) is 24.8 Å². The summed E-state index contributed by atoms with van der Waals surface area (Å²) in [6.07, 6.45) is 7.77. The lowest BCUT2D eigenvalue weighted by Crippen LogP contribution is -2.44. The number of halogens is 1. The minimum atomic E-state index is -3.45. The Balaban J connectivity index is 1.38. The maximum atomic E-state index is 13.9. The highest BCUT2D eigenvalue weighted by atomic mass is 32.2. The van der Waals surface area contributed by atoms with E-state index in [1.165, 1.54) is 24.3 Å². The van der Waals surface area contributed by atoms with Crippen LogP contribution in [0.3, 0.4) is 0 Å². The van der Waals surface area contributed by atoms with E-state index in [1.54, 1.807) is 0 Å². The van der Waals surface area contributed by atoms with Crippen molar-refractivity contribution in [3.63, 3.8) is 0 Å². The predicted molar refractivity (Wildman–Crippen MR) is 123 cm³/mol. The average molecular weight is 490 g/mol. The van der Waals surface area contributed by atoms with Crippen LogP contribution in [0.1, 0.15) is 55.3 Å². The molecule has 1 aromatic carbocycles. The van der Waals surface area contributed by atoms with Crippen molar-refractivity contribution in [2.75, 3.05) is 6.26 Å². The monoisotopic (exact) mass is 489 g/mol. The number of sulfone groups is 1. The van der Waals surface area contributed by atoms with Crippen LogP contribution < -0.4 is 15.4 Å². The van der Waals surface area contributed by atoms with Crippen LogP contribution in [-0.2, 0) is 14.6 Å². The van der Waals surface area contributed by atoms with Crippen LogP contribution in [0.25, 0.3) is 0 Å². The molecule has 0 aliphatic heterocycles. The third-order valence-corrected chi connectivity index (χ3v) is 7.22. The molecular formula is C24H28FN3O5S. The molecule has 1 heterocycles. The minimum Gasteiger partial charge on any atom is -0.438 e. The standard InChI is InChI=1S/C24H28FN3O5S/c1-34(31,32)20-4-2-3-19(13-20)33-24-21(12-16(25)14-26-24)23(30)28-18-9-7-17(8-10-18)27-22(29)11-15-5-6-15/h2-4,12-15,17-18H,5-11H2,1H3,(H,27,29)(H,28,30). The molecule has 0 unspecified atom stereocenters. The van der Waals surface area contributed by atoms with Crippen LogP contribution in [0.15, 0.2) is 41.4 Å². The van der Waals surface area contributed by atoms with Crippen LogP contribution in [0.4, 0.5) is 4.39 Å². The second-order valence-corrected chi connectivity index (χ2v) is 11.1. The quantitative estimate of drug-likeness (QED) is 0.588. The molecule has 10 heteroatoms. The summed E-state index contributed by atoms with van der Waals surface area (Å²) < 4.78 is 43.2. The van der Waals surface area contributed by atoms with Gasteiger partial charge in [-0.3, -0.25) is 9.59 Å². The molecule has 0 atom stereocenters. The van der Waals surface area contributed by atoms with E-state index in [2.05, 4.69) is 15.6 Å². The number of rotatable bonds is 8. The van der Waals surface area contributed by atoms with Gasteiger partial charge in [-0.2, -0.15) is 0 Å². The molecule has 2 aliphatic rings. The molecule has 182 valence electrons. The molecule has 4 rings (SSSR count). The van der Waals surface area contributed by atoms with E-state index >= 15 is 0 Å². The number of hydrogen-bond donors (Lipinski definition) is 2. The van der Waals surface area contributed by atoms with Crippen molar-refractivity contribution in [1.29, 1.82) is 0 Å². The fraction of sp³-hybridized carbons (Fsp3) is 0.458. The number of carbonyl (C=O) groups is 2. The lowest BCUT2D eigenvalue weighted by molar-refractivity contribution is -0.122. The van der Waals surface area contributed by atoms with Gasteiger partial charge in [0.1, 0.15) is 17.1 Å². The van der Waals surface area contributed by atoms with Crippen molar-refractivity contribution in [3.8, 4) is 11.6 Å². The van der Waals surface area contributed by atoms with Gasteiger partial charge in [-0.1, -0.05) is 6.07 Å². The maximum Gasteiger partial charge on any atom is 0.257 e. The Hall–Kier alpha value is -3.01. The van der Waals surface area contributed by atoms with Gasteiger partial charge in [0.2, 0.25) is 11.8 Å². The van der Waals surface area contributed by atoms with E-state index in [4.69, 9.17) is 4.74 Å². The molecule has 8 nitrogen and oxygen atoms in total. The van der Waals surface area contributed by atoms with E-state index in [-0.39, 0.29) is 40.1 Å². The molecule has 2 N–H and O–H groups in total. The summed E-state index contributed by atoms with van der Waals surface area (Å²) in [5.74, 6) is -0.528. The van der Waals surface area contributed by atoms with Crippen molar-refractivity contribution in [2.24, 2.45) is 5.92 Å². The number of nitrogens with zero attached hydrogens (tertiary/aromatic N) is 1. The van der Waals surface area contributed by atoms with Crippen LogP contribution in [0.5, 0.6) is 11.6 Å². The van der Waals surface area contributed by atoms with Crippen molar-refractivity contribution in [1.82, 2.24) is 15.6 Å². The Morgan fingerprint density at radius 2 is 1.74 bits per heavy atom. The second kappa shape index (κ2) is 10.1. The molecule has 2 amide bonds. The third-order valence-electron chi connectivity index (χ3n) is 6.11. The summed E-state index contributed by atoms with van der Waals surface area (Å²) in [5.41, 5.74) is -0.0791. The first-order valence-corrected chi connectivity index (χ1v) is 13.3. The lowest BCUT2D eigenvalue weighted by atomic mass is 9.91. The Labute approximate surface area is 198 Å². The summed E-state index contributed by atoms with van der Waals surface area (Å²) in [6.45, 7) is 0. The van der Waals surface area contributed by atoms with Crippen LogP contribution in [0, 0.1) is 11.7 Å². The first-order valence-electron chi connectivity index (χ1n) is 11.4. The highest BCUT2D eigenvalue weighted by molar-refractivity contribution is 7.90. The fourth-order valence-corrected chi connectivity index (χ4v) is 4.72. The van der Waals surface area contributed by atoms with Gasteiger partial charge in [-0.05, 0) is 68.7 Å². The molecule has 2 fully saturated rings. The SMILES string of the molecule is CS(=O)(=O)c1cccc(Oc2ncc(F)cc2C(=O)NC2CCC(NC(=O)CC3CC3)CC2)c1. The van der Waals surface area contributed by atoms with E-state index in [1.807, 2.05) is 0 Å². The molecule has 2 aliphatic carbocycles. The van der Waals surface area contributed by atoms with Gasteiger partial charge in [-0.15, -0.1) is 0 Å². The Morgan fingerprint density at radius 3 is 2.38 bits per heavy atom. The summed E-state index contributed by atoms with van der Waals surface area (Å²) in [5, 5.41) is 5.99. The predicted octanol–water partition coefficient (Wildman–Crippen LogP) is 3.37. The van der Waals surface area contributed by atoms with E-state index in [9.17, 15) is 22.4 Å². The van der Waals surface area contributed by atoms with Gasteiger partial charge in [0.15, 0.2) is 9.84 Å². The lowest BCUT2D eigenvalue weighted by Gasteiger charge is -2.29. The third kappa shape index (κ3) is 6.53. The molecule has 0 saturated heterocycles. The highest BCUT2D eigenvalue weighted by Crippen LogP contribution is 2.32. The van der Waals surface area contributed by atoms with Crippen LogP contribution in [0.2, 0.25) is 0 Å². The number of hydrogen-bond acceptors (Lipinski definition) is 6. The van der Waals surface area contributed by atoms with Crippen LogP contribution >= 0.6 is 0 Å². The molecule has 2 saturated carbocycles. The fourth-order valence-electron chi connectivity index (χ4n) is 4.07. The smallest absolute Gasteiger partial charge is 0.257 e. The molecular weight excluding hydrogens is 461 g/mol. The second-order valence-electron chi connectivity index (χ2n) is 9.09. The van der Waals surface area contributed by atoms with Gasteiger partial charge < -0.3 is 15.4 Å². The van der Waals surface area contributed by atoms with E-state index in [0.29, 0.717) is 25.2 Å². The van der Waals surface area contributed by atoms with Crippen molar-refractivity contribution in [3.05, 3.63) is 47.9 Å². The number of carbonyl (C=O) groups excluding carboxylic acids is 2. The minimum absolute atomic E-state index is 0.0547. The highest BCUT2D eigenvalue weighted by Gasteiger charge is 2.28. The van der Waals surface area contributed by atoms with E-state index < -0.39 is 21.6 Å². The summed E-state index contributed by atoms with van der Waals surface area (Å²) in [4.78, 5) is 28.9. The Morgan fingerprint density at radius 1 is 1.06 bits per heavy atom. The van der Waals surface area contributed by atoms with Gasteiger partial charge in [0.05, 0.1) is 11.1 Å². The summed E-state index contributed by atoms with van der Waals surface area (Å²) in [6, 6.07) is 6.82. The zero-order valence-corrected chi connectivity index (χ0v) is 19.7. The number of amides is 2. The number of nitrogens with one attached hydrogen (secondary N) is 2. The average Bonchev–Trinajstić information content (AvgIpc) is 3.60. The largest absolute Gasteiger partial charge is 0.438 e. The van der Waals surface area contributed by atoms with Crippen molar-refractivity contribution in [2.45, 2.75) is 61.9 Å². The first kappa shape index (κ1) is 24.1. The molecule has 0 radical (unpaired) electrons. The van der Waals surface area contributed by atoms with Crippen molar-refractivity contribution >= 4 is 21.7 Å². The van der Waals surface area contributed by atoms with Gasteiger partial charge in [0.25, 0.3) is 5.91 Å². The number of pyridine rings is 1. The molecule has 0 spiro atoms. The van der Waals surface area contributed by atoms with Crippen molar-refractivity contribution < 1.29 is 27.1 Å². The molecule has 34 heavy (non-hydrogen) atoms. The number of ether oxygens (including phenoxy) is 1. The molecule has 2 aromatic rings. The summed E-state index contributed by atoms with van der Waals surface area (Å²) in [7, 11) is -3.45. The van der Waals surface area contributed by atoms with Gasteiger partial charge >= 0.3 is 0 Å². The zero-order chi connectivity index (χ0) is 24.3. The number of aromatic nitrogens is 1. The van der Waals surface area contributed by atoms with Crippen LogP contribution in [-0.4, -0.2) is 43.6 Å². The van der Waals surface area contributed by atoms with Gasteiger partial charge in [-0.25, -0.2) is 17.8 Å². The Kier molecular flexibility index (Phi) is 7.16. The normalized spacial score (nSPS) is 20.4. The number of benzene rings is 1. The maximum absolute atomic E-state index is 13.9. The molecule has 1 aromatic heterocycles. The topological polar surface area (TPSA) is 114 Å². The first-order chi connectivity index (χ1) is 16.2. The summed E-state index contributed by atoms with van der Waals surface area (Å²) >= 11 is 0. The zero-order valence-electron chi connectivity index (χ0n) is 18.9.